The maximum atomic E-state index is 12.1. The predicted octanol–water partition coefficient (Wildman–Crippen LogP) is 2.98. The molecule has 0 aromatic carbocycles. The summed E-state index contributed by atoms with van der Waals surface area (Å²) < 4.78 is 5.37. The molecule has 0 aromatic rings. The lowest BCUT2D eigenvalue weighted by Crippen LogP contribution is -2.47. The summed E-state index contributed by atoms with van der Waals surface area (Å²) >= 11 is 0. The molecule has 1 atom stereocenters. The molecule has 104 valence electrons. The lowest BCUT2D eigenvalue weighted by molar-refractivity contribution is -0.139. The van der Waals surface area contributed by atoms with Gasteiger partial charge in [-0.15, -0.1) is 0 Å². The monoisotopic (exact) mass is 253 g/mol. The summed E-state index contributed by atoms with van der Waals surface area (Å²) in [6.45, 7) is 4.27. The number of hydrogen-bond acceptors (Lipinski definition) is 2. The lowest BCUT2D eigenvalue weighted by Gasteiger charge is -2.33. The highest BCUT2D eigenvalue weighted by atomic mass is 16.5. The molecule has 2 rings (SSSR count). The Morgan fingerprint density at radius 3 is 2.78 bits per heavy atom. The van der Waals surface area contributed by atoms with Crippen LogP contribution in [0.4, 0.5) is 0 Å². The van der Waals surface area contributed by atoms with Crippen molar-refractivity contribution in [3.8, 4) is 0 Å². The van der Waals surface area contributed by atoms with Crippen LogP contribution in [-0.4, -0.2) is 36.6 Å². The highest BCUT2D eigenvalue weighted by Crippen LogP contribution is 2.27. The van der Waals surface area contributed by atoms with Gasteiger partial charge in [0.15, 0.2) is 0 Å². The fourth-order valence-corrected chi connectivity index (χ4v) is 3.26. The predicted molar refractivity (Wildman–Crippen MR) is 72.4 cm³/mol. The van der Waals surface area contributed by atoms with Crippen molar-refractivity contribution in [1.29, 1.82) is 0 Å². The molecule has 2 aliphatic rings. The minimum absolute atomic E-state index is 0.265. The summed E-state index contributed by atoms with van der Waals surface area (Å²) in [6, 6.07) is 0.265. The SMILES string of the molecule is C[C@H]1COCCN1C(=O)CCCC1CCCCC1. The van der Waals surface area contributed by atoms with Gasteiger partial charge in [0.2, 0.25) is 5.91 Å². The van der Waals surface area contributed by atoms with Gasteiger partial charge in [-0.1, -0.05) is 32.1 Å². The standard InChI is InChI=1S/C15H27NO2/c1-13-12-18-11-10-16(13)15(17)9-5-8-14-6-3-2-4-7-14/h13-14H,2-12H2,1H3/t13-/m0/s1. The minimum Gasteiger partial charge on any atom is -0.377 e. The molecule has 1 saturated carbocycles. The molecule has 1 aliphatic heterocycles. The van der Waals surface area contributed by atoms with E-state index in [-0.39, 0.29) is 6.04 Å². The Morgan fingerprint density at radius 2 is 2.06 bits per heavy atom. The summed E-state index contributed by atoms with van der Waals surface area (Å²) in [5.74, 6) is 1.23. The van der Waals surface area contributed by atoms with Crippen LogP contribution in [0.15, 0.2) is 0 Å². The summed E-state index contributed by atoms with van der Waals surface area (Å²) in [5.41, 5.74) is 0. The average Bonchev–Trinajstić information content (AvgIpc) is 2.40. The maximum Gasteiger partial charge on any atom is 0.222 e. The van der Waals surface area contributed by atoms with E-state index in [4.69, 9.17) is 4.74 Å². The molecule has 0 unspecified atom stereocenters. The number of carbonyl (C=O) groups is 1. The Labute approximate surface area is 111 Å². The molecular weight excluding hydrogens is 226 g/mol. The van der Waals surface area contributed by atoms with Gasteiger partial charge in [-0.25, -0.2) is 0 Å². The number of carbonyl (C=O) groups excluding carboxylic acids is 1. The zero-order valence-corrected chi connectivity index (χ0v) is 11.7. The Kier molecular flexibility index (Phi) is 5.48. The van der Waals surface area contributed by atoms with Crippen molar-refractivity contribution in [3.63, 3.8) is 0 Å². The molecule has 1 heterocycles. The summed E-state index contributed by atoms with van der Waals surface area (Å²) in [7, 11) is 0. The number of rotatable bonds is 4. The van der Waals surface area contributed by atoms with Crippen molar-refractivity contribution in [1.82, 2.24) is 4.90 Å². The molecule has 1 aliphatic carbocycles. The van der Waals surface area contributed by atoms with E-state index in [1.54, 1.807) is 0 Å². The molecule has 2 fully saturated rings. The van der Waals surface area contributed by atoms with Crippen molar-refractivity contribution in [2.75, 3.05) is 19.8 Å². The first-order chi connectivity index (χ1) is 8.77. The van der Waals surface area contributed by atoms with E-state index < -0.39 is 0 Å². The van der Waals surface area contributed by atoms with Gasteiger partial charge in [-0.05, 0) is 25.7 Å². The van der Waals surface area contributed by atoms with Gasteiger partial charge in [0.05, 0.1) is 19.3 Å². The molecule has 18 heavy (non-hydrogen) atoms. The van der Waals surface area contributed by atoms with Crippen LogP contribution >= 0.6 is 0 Å². The number of amides is 1. The molecule has 0 bridgehead atoms. The summed E-state index contributed by atoms with van der Waals surface area (Å²) in [5, 5.41) is 0. The van der Waals surface area contributed by atoms with Crippen molar-refractivity contribution >= 4 is 5.91 Å². The van der Waals surface area contributed by atoms with Gasteiger partial charge >= 0.3 is 0 Å². The fraction of sp³-hybridized carbons (Fsp3) is 0.933. The quantitative estimate of drug-likeness (QED) is 0.771. The molecule has 0 spiro atoms. The average molecular weight is 253 g/mol. The molecule has 0 N–H and O–H groups in total. The first kappa shape index (κ1) is 13.9. The first-order valence-electron chi connectivity index (χ1n) is 7.64. The van der Waals surface area contributed by atoms with Crippen molar-refractivity contribution in [2.24, 2.45) is 5.92 Å². The molecule has 1 amide bonds. The van der Waals surface area contributed by atoms with Crippen LogP contribution in [-0.2, 0) is 9.53 Å². The van der Waals surface area contributed by atoms with E-state index in [2.05, 4.69) is 6.92 Å². The van der Waals surface area contributed by atoms with Gasteiger partial charge in [-0.3, -0.25) is 4.79 Å². The van der Waals surface area contributed by atoms with Crippen LogP contribution in [0, 0.1) is 5.92 Å². The van der Waals surface area contributed by atoms with E-state index in [9.17, 15) is 4.79 Å². The number of morpholine rings is 1. The van der Waals surface area contributed by atoms with Crippen molar-refractivity contribution in [3.05, 3.63) is 0 Å². The Bertz CT molecular complexity index is 261. The molecular formula is C15H27NO2. The van der Waals surface area contributed by atoms with Crippen molar-refractivity contribution < 1.29 is 9.53 Å². The van der Waals surface area contributed by atoms with Crippen LogP contribution in [0.3, 0.4) is 0 Å². The highest BCUT2D eigenvalue weighted by molar-refractivity contribution is 5.76. The van der Waals surface area contributed by atoms with Gasteiger partial charge in [0, 0.05) is 13.0 Å². The van der Waals surface area contributed by atoms with Gasteiger partial charge in [-0.2, -0.15) is 0 Å². The number of ether oxygens (including phenoxy) is 1. The van der Waals surface area contributed by atoms with Gasteiger partial charge in [0.25, 0.3) is 0 Å². The third kappa shape index (κ3) is 3.98. The zero-order chi connectivity index (χ0) is 12.8. The van der Waals surface area contributed by atoms with Crippen LogP contribution in [0.25, 0.3) is 0 Å². The molecule has 0 radical (unpaired) electrons. The smallest absolute Gasteiger partial charge is 0.222 e. The van der Waals surface area contributed by atoms with Crippen LogP contribution in [0.2, 0.25) is 0 Å². The Hall–Kier alpha value is -0.570. The Morgan fingerprint density at radius 1 is 1.28 bits per heavy atom. The third-order valence-corrected chi connectivity index (χ3v) is 4.42. The number of nitrogens with zero attached hydrogens (tertiary/aromatic N) is 1. The van der Waals surface area contributed by atoms with Crippen molar-refractivity contribution in [2.45, 2.75) is 64.3 Å². The second-order valence-electron chi connectivity index (χ2n) is 5.91. The topological polar surface area (TPSA) is 29.5 Å². The molecule has 3 nitrogen and oxygen atoms in total. The van der Waals surface area contributed by atoms with Gasteiger partial charge < -0.3 is 9.64 Å². The van der Waals surface area contributed by atoms with E-state index in [0.717, 1.165) is 25.3 Å². The lowest BCUT2D eigenvalue weighted by atomic mass is 9.86. The molecule has 1 saturated heterocycles. The van der Waals surface area contributed by atoms with E-state index in [1.165, 1.54) is 38.5 Å². The van der Waals surface area contributed by atoms with Gasteiger partial charge in [0.1, 0.15) is 0 Å². The maximum absolute atomic E-state index is 12.1. The van der Waals surface area contributed by atoms with Crippen LogP contribution < -0.4 is 0 Å². The fourth-order valence-electron chi connectivity index (χ4n) is 3.26. The second-order valence-corrected chi connectivity index (χ2v) is 5.91. The Balaban J connectivity index is 1.64. The third-order valence-electron chi connectivity index (χ3n) is 4.42. The summed E-state index contributed by atoms with van der Waals surface area (Å²) in [6.07, 6.45) is 10.1. The molecule has 0 aromatic heterocycles. The van der Waals surface area contributed by atoms with E-state index in [0.29, 0.717) is 19.1 Å². The van der Waals surface area contributed by atoms with E-state index >= 15 is 0 Å². The van der Waals surface area contributed by atoms with Crippen LogP contribution in [0.1, 0.15) is 58.3 Å². The number of hydrogen-bond donors (Lipinski definition) is 0. The highest BCUT2D eigenvalue weighted by Gasteiger charge is 2.23. The first-order valence-corrected chi connectivity index (χ1v) is 7.64. The normalized spacial score (nSPS) is 26.3. The van der Waals surface area contributed by atoms with Crippen LogP contribution in [0.5, 0.6) is 0 Å². The minimum atomic E-state index is 0.265. The second kappa shape index (κ2) is 7.13. The van der Waals surface area contributed by atoms with E-state index in [1.807, 2.05) is 4.90 Å². The largest absolute Gasteiger partial charge is 0.377 e. The molecule has 3 heteroatoms. The zero-order valence-electron chi connectivity index (χ0n) is 11.7. The summed E-state index contributed by atoms with van der Waals surface area (Å²) in [4.78, 5) is 14.1.